The molecule has 0 aliphatic heterocycles. The summed E-state index contributed by atoms with van der Waals surface area (Å²) in [5.74, 6) is 0. The molecule has 0 aliphatic carbocycles. The fraction of sp³-hybridized carbons (Fsp3) is 1.00. The van der Waals surface area contributed by atoms with Gasteiger partial charge in [0.15, 0.2) is 0 Å². The highest BCUT2D eigenvalue weighted by molar-refractivity contribution is 4.49. The molecule has 0 rings (SSSR count). The van der Waals surface area contributed by atoms with Gasteiger partial charge in [0, 0.05) is 0 Å². The predicted octanol–water partition coefficient (Wildman–Crippen LogP) is 6.95. The van der Waals surface area contributed by atoms with Crippen molar-refractivity contribution in [2.24, 2.45) is 0 Å². The lowest BCUT2D eigenvalue weighted by molar-refractivity contribution is -0.910. The molecule has 1 unspecified atom stereocenters. The van der Waals surface area contributed by atoms with Gasteiger partial charge >= 0.3 is 0 Å². The summed E-state index contributed by atoms with van der Waals surface area (Å²) >= 11 is 0. The van der Waals surface area contributed by atoms with Gasteiger partial charge in [0.05, 0.1) is 26.7 Å². The van der Waals surface area contributed by atoms with Crippen molar-refractivity contribution in [2.45, 2.75) is 111 Å². The van der Waals surface area contributed by atoms with Crippen LogP contribution in [-0.2, 0) is 0 Å². The molecule has 1 heteroatoms. The molecule has 0 saturated heterocycles. The number of quaternary nitrogens is 1. The Morgan fingerprint density at radius 3 is 1.23 bits per heavy atom. The van der Waals surface area contributed by atoms with E-state index in [1.165, 1.54) is 114 Å². The summed E-state index contributed by atoms with van der Waals surface area (Å²) in [6, 6.07) is 0. The van der Waals surface area contributed by atoms with Crippen molar-refractivity contribution in [3.05, 3.63) is 0 Å². The zero-order chi connectivity index (χ0) is 16.5. The Bertz CT molecular complexity index is 214. The molecule has 0 aliphatic rings. The van der Waals surface area contributed by atoms with E-state index in [-0.39, 0.29) is 0 Å². The molecule has 134 valence electrons. The molecule has 0 fully saturated rings. The summed E-state index contributed by atoms with van der Waals surface area (Å²) in [5, 5.41) is 0. The molecule has 0 bridgehead atoms. The number of unbranched alkanes of at least 4 members (excludes halogenated alkanes) is 11. The Hall–Kier alpha value is -0.0400. The standard InChI is InChI=1S/C21H46N/c1-5-8-11-12-13-14-15-16-18-21-22(4,19-10-7-3)20-17-9-6-2/h5-21H2,1-4H3/q+1. The van der Waals surface area contributed by atoms with Gasteiger partial charge in [0.25, 0.3) is 0 Å². The lowest BCUT2D eigenvalue weighted by Gasteiger charge is -2.35. The van der Waals surface area contributed by atoms with E-state index in [4.69, 9.17) is 0 Å². The van der Waals surface area contributed by atoms with Crippen molar-refractivity contribution in [3.63, 3.8) is 0 Å². The van der Waals surface area contributed by atoms with Crippen molar-refractivity contribution in [1.82, 2.24) is 0 Å². The zero-order valence-electron chi connectivity index (χ0n) is 16.5. The van der Waals surface area contributed by atoms with E-state index in [0.717, 1.165) is 0 Å². The monoisotopic (exact) mass is 312 g/mol. The Morgan fingerprint density at radius 2 is 0.727 bits per heavy atom. The second kappa shape index (κ2) is 15.8. The SMILES string of the molecule is CCCCCCCCCCC[N+](C)(CCCC)CCCCC. The molecule has 1 nitrogen and oxygen atoms in total. The molecule has 0 radical (unpaired) electrons. The van der Waals surface area contributed by atoms with Gasteiger partial charge in [0.1, 0.15) is 0 Å². The molecule has 1 atom stereocenters. The van der Waals surface area contributed by atoms with E-state index in [1.807, 2.05) is 0 Å². The maximum absolute atomic E-state index is 2.51. The second-order valence-corrected chi connectivity index (χ2v) is 7.68. The molecule has 0 amide bonds. The molecule has 0 N–H and O–H groups in total. The third kappa shape index (κ3) is 13.6. The minimum absolute atomic E-state index is 1.34. The maximum Gasteiger partial charge on any atom is 0.0784 e. The molecule has 22 heavy (non-hydrogen) atoms. The first-order valence-corrected chi connectivity index (χ1v) is 10.5. The van der Waals surface area contributed by atoms with Crippen molar-refractivity contribution >= 4 is 0 Å². The predicted molar refractivity (Wildman–Crippen MR) is 102 cm³/mol. The summed E-state index contributed by atoms with van der Waals surface area (Å²) in [5.41, 5.74) is 0. The number of hydrogen-bond acceptors (Lipinski definition) is 0. The molecule has 0 aromatic heterocycles. The third-order valence-electron chi connectivity index (χ3n) is 5.15. The van der Waals surface area contributed by atoms with Gasteiger partial charge in [-0.1, -0.05) is 78.6 Å². The van der Waals surface area contributed by atoms with Crippen LogP contribution in [0.25, 0.3) is 0 Å². The number of nitrogens with zero attached hydrogens (tertiary/aromatic N) is 1. The largest absolute Gasteiger partial charge is 0.326 e. The Kier molecular flexibility index (Phi) is 15.8. The van der Waals surface area contributed by atoms with Crippen LogP contribution in [0.1, 0.15) is 111 Å². The van der Waals surface area contributed by atoms with Crippen molar-refractivity contribution in [2.75, 3.05) is 26.7 Å². The van der Waals surface area contributed by atoms with E-state index in [2.05, 4.69) is 27.8 Å². The Labute approximate surface area is 142 Å². The quantitative estimate of drug-likeness (QED) is 0.201. The van der Waals surface area contributed by atoms with Gasteiger partial charge in [-0.05, 0) is 32.1 Å². The fourth-order valence-corrected chi connectivity index (χ4v) is 3.42. The highest BCUT2D eigenvalue weighted by Gasteiger charge is 2.19. The minimum atomic E-state index is 1.34. The molecule has 0 saturated carbocycles. The third-order valence-corrected chi connectivity index (χ3v) is 5.15. The lowest BCUT2D eigenvalue weighted by atomic mass is 10.1. The van der Waals surface area contributed by atoms with Gasteiger partial charge in [-0.25, -0.2) is 0 Å². The van der Waals surface area contributed by atoms with Crippen LogP contribution in [0.2, 0.25) is 0 Å². The Balaban J connectivity index is 3.69. The fourth-order valence-electron chi connectivity index (χ4n) is 3.42. The lowest BCUT2D eigenvalue weighted by Crippen LogP contribution is -2.46. The van der Waals surface area contributed by atoms with E-state index < -0.39 is 0 Å². The normalized spacial score (nSPS) is 14.2. The van der Waals surface area contributed by atoms with Gasteiger partial charge in [-0.3, -0.25) is 0 Å². The molecular weight excluding hydrogens is 266 g/mol. The van der Waals surface area contributed by atoms with Crippen molar-refractivity contribution < 1.29 is 4.48 Å². The van der Waals surface area contributed by atoms with E-state index in [0.29, 0.717) is 0 Å². The maximum atomic E-state index is 2.51. The van der Waals surface area contributed by atoms with Crippen LogP contribution in [0, 0.1) is 0 Å². The first kappa shape index (κ1) is 22.0. The van der Waals surface area contributed by atoms with E-state index >= 15 is 0 Å². The summed E-state index contributed by atoms with van der Waals surface area (Å²) in [4.78, 5) is 0. The number of hydrogen-bond donors (Lipinski definition) is 0. The summed E-state index contributed by atoms with van der Waals surface area (Å²) in [6.45, 7) is 11.2. The highest BCUT2D eigenvalue weighted by Crippen LogP contribution is 2.14. The van der Waals surface area contributed by atoms with Crippen LogP contribution in [-0.4, -0.2) is 31.2 Å². The molecule has 0 aromatic carbocycles. The summed E-state index contributed by atoms with van der Waals surface area (Å²) in [6.07, 6.45) is 20.0. The first-order valence-electron chi connectivity index (χ1n) is 10.5. The number of rotatable bonds is 17. The average molecular weight is 313 g/mol. The average Bonchev–Trinajstić information content (AvgIpc) is 2.52. The van der Waals surface area contributed by atoms with Crippen LogP contribution in [0.5, 0.6) is 0 Å². The Morgan fingerprint density at radius 1 is 0.409 bits per heavy atom. The molecule has 0 aromatic rings. The van der Waals surface area contributed by atoms with Crippen molar-refractivity contribution in [1.29, 1.82) is 0 Å². The van der Waals surface area contributed by atoms with Gasteiger partial charge in [0.2, 0.25) is 0 Å². The molecular formula is C21H46N+. The highest BCUT2D eigenvalue weighted by atomic mass is 15.3. The van der Waals surface area contributed by atoms with Crippen LogP contribution in [0.15, 0.2) is 0 Å². The van der Waals surface area contributed by atoms with Gasteiger partial charge in [-0.15, -0.1) is 0 Å². The smallest absolute Gasteiger partial charge is 0.0784 e. The summed E-state index contributed by atoms with van der Waals surface area (Å²) < 4.78 is 1.34. The topological polar surface area (TPSA) is 0 Å². The zero-order valence-corrected chi connectivity index (χ0v) is 16.5. The van der Waals surface area contributed by atoms with E-state index in [1.54, 1.807) is 0 Å². The summed E-state index contributed by atoms with van der Waals surface area (Å²) in [7, 11) is 2.51. The molecule has 0 heterocycles. The van der Waals surface area contributed by atoms with Crippen LogP contribution >= 0.6 is 0 Å². The first-order chi connectivity index (χ1) is 10.7. The van der Waals surface area contributed by atoms with Crippen LogP contribution in [0.4, 0.5) is 0 Å². The van der Waals surface area contributed by atoms with Crippen LogP contribution < -0.4 is 0 Å². The van der Waals surface area contributed by atoms with Gasteiger partial charge in [-0.2, -0.15) is 0 Å². The second-order valence-electron chi connectivity index (χ2n) is 7.68. The minimum Gasteiger partial charge on any atom is -0.326 e. The molecule has 0 spiro atoms. The van der Waals surface area contributed by atoms with E-state index in [9.17, 15) is 0 Å². The van der Waals surface area contributed by atoms with Gasteiger partial charge < -0.3 is 4.48 Å². The van der Waals surface area contributed by atoms with Crippen LogP contribution in [0.3, 0.4) is 0 Å². The van der Waals surface area contributed by atoms with Crippen molar-refractivity contribution in [3.8, 4) is 0 Å².